The molecular formula is C27H27NO4. The molecule has 1 fully saturated rings. The average Bonchev–Trinajstić information content (AvgIpc) is 3.19. The molecular weight excluding hydrogens is 402 g/mol. The molecule has 0 spiro atoms. The SMILES string of the molecule is CC(Cc1ccc(OCc2ccccc2)cc1)C(=O)N1C(=O)OCC1Cc1ccccc1. The maximum Gasteiger partial charge on any atom is 0.416 e. The monoisotopic (exact) mass is 429 g/mol. The van der Waals surface area contributed by atoms with E-state index in [1.165, 1.54) is 4.90 Å². The first-order valence-electron chi connectivity index (χ1n) is 10.9. The lowest BCUT2D eigenvalue weighted by atomic mass is 9.98. The van der Waals surface area contributed by atoms with E-state index in [2.05, 4.69) is 0 Å². The summed E-state index contributed by atoms with van der Waals surface area (Å²) in [7, 11) is 0. The fourth-order valence-corrected chi connectivity index (χ4v) is 3.91. The van der Waals surface area contributed by atoms with Gasteiger partial charge in [-0.15, -0.1) is 0 Å². The van der Waals surface area contributed by atoms with Crippen molar-refractivity contribution in [1.29, 1.82) is 0 Å². The highest BCUT2D eigenvalue weighted by Gasteiger charge is 2.39. The van der Waals surface area contributed by atoms with E-state index in [9.17, 15) is 9.59 Å². The van der Waals surface area contributed by atoms with E-state index in [0.717, 1.165) is 22.4 Å². The van der Waals surface area contributed by atoms with Gasteiger partial charge in [0.2, 0.25) is 5.91 Å². The lowest BCUT2D eigenvalue weighted by Crippen LogP contribution is -2.43. The van der Waals surface area contributed by atoms with Crippen LogP contribution in [0.1, 0.15) is 23.6 Å². The van der Waals surface area contributed by atoms with Gasteiger partial charge in [-0.2, -0.15) is 0 Å². The van der Waals surface area contributed by atoms with Gasteiger partial charge in [0.25, 0.3) is 0 Å². The number of ether oxygens (including phenoxy) is 2. The van der Waals surface area contributed by atoms with Crippen LogP contribution in [-0.2, 0) is 29.0 Å². The fourth-order valence-electron chi connectivity index (χ4n) is 3.91. The second-order valence-electron chi connectivity index (χ2n) is 8.15. The van der Waals surface area contributed by atoms with Crippen LogP contribution in [0.3, 0.4) is 0 Å². The van der Waals surface area contributed by atoms with Crippen LogP contribution in [-0.4, -0.2) is 29.5 Å². The molecule has 0 aromatic heterocycles. The number of amides is 2. The second kappa shape index (κ2) is 10.1. The summed E-state index contributed by atoms with van der Waals surface area (Å²) >= 11 is 0. The molecule has 0 saturated carbocycles. The normalized spacial score (nSPS) is 16.5. The molecule has 0 radical (unpaired) electrons. The molecule has 164 valence electrons. The average molecular weight is 430 g/mol. The number of hydrogen-bond donors (Lipinski definition) is 0. The third-order valence-corrected chi connectivity index (χ3v) is 5.65. The summed E-state index contributed by atoms with van der Waals surface area (Å²) in [5.74, 6) is 0.246. The van der Waals surface area contributed by atoms with E-state index in [0.29, 0.717) is 19.4 Å². The van der Waals surface area contributed by atoms with E-state index in [1.807, 2.05) is 91.9 Å². The standard InChI is InChI=1S/C27H27NO4/c1-20(16-22-12-14-25(15-13-22)31-18-23-10-6-3-7-11-23)26(29)28-24(19-32-27(28)30)17-21-8-4-2-5-9-21/h2-15,20,24H,16-19H2,1H3. The number of rotatable bonds is 8. The number of imide groups is 1. The van der Waals surface area contributed by atoms with Crippen molar-refractivity contribution in [3.63, 3.8) is 0 Å². The maximum absolute atomic E-state index is 13.1. The van der Waals surface area contributed by atoms with Crippen molar-refractivity contribution >= 4 is 12.0 Å². The highest BCUT2D eigenvalue weighted by Crippen LogP contribution is 2.22. The Balaban J connectivity index is 1.34. The molecule has 3 aromatic carbocycles. The predicted octanol–water partition coefficient (Wildman–Crippen LogP) is 5.03. The summed E-state index contributed by atoms with van der Waals surface area (Å²) < 4.78 is 11.0. The van der Waals surface area contributed by atoms with Crippen LogP contribution in [0.2, 0.25) is 0 Å². The molecule has 2 unspecified atom stereocenters. The maximum atomic E-state index is 13.1. The lowest BCUT2D eigenvalue weighted by Gasteiger charge is -2.23. The molecule has 0 aliphatic carbocycles. The van der Waals surface area contributed by atoms with Crippen LogP contribution in [0.25, 0.3) is 0 Å². The molecule has 1 heterocycles. The molecule has 0 bridgehead atoms. The minimum Gasteiger partial charge on any atom is -0.489 e. The van der Waals surface area contributed by atoms with Crippen molar-refractivity contribution in [3.05, 3.63) is 102 Å². The van der Waals surface area contributed by atoms with Crippen LogP contribution in [0.4, 0.5) is 4.79 Å². The number of carbonyl (C=O) groups is 2. The Bertz CT molecular complexity index is 1030. The zero-order chi connectivity index (χ0) is 22.3. The first kappa shape index (κ1) is 21.6. The van der Waals surface area contributed by atoms with Gasteiger partial charge in [-0.05, 0) is 41.7 Å². The molecule has 2 atom stereocenters. The predicted molar refractivity (Wildman–Crippen MR) is 122 cm³/mol. The smallest absolute Gasteiger partial charge is 0.416 e. The minimum absolute atomic E-state index is 0.196. The summed E-state index contributed by atoms with van der Waals surface area (Å²) in [4.78, 5) is 26.7. The Morgan fingerprint density at radius 3 is 2.22 bits per heavy atom. The lowest BCUT2D eigenvalue weighted by molar-refractivity contribution is -0.132. The molecule has 0 N–H and O–H groups in total. The van der Waals surface area contributed by atoms with Gasteiger partial charge in [-0.25, -0.2) is 9.69 Å². The van der Waals surface area contributed by atoms with E-state index < -0.39 is 6.09 Å². The molecule has 5 heteroatoms. The van der Waals surface area contributed by atoms with E-state index >= 15 is 0 Å². The van der Waals surface area contributed by atoms with Gasteiger partial charge in [0, 0.05) is 5.92 Å². The van der Waals surface area contributed by atoms with Gasteiger partial charge in [0.05, 0.1) is 6.04 Å². The van der Waals surface area contributed by atoms with Crippen LogP contribution >= 0.6 is 0 Å². The molecule has 1 saturated heterocycles. The van der Waals surface area contributed by atoms with E-state index in [1.54, 1.807) is 0 Å². The van der Waals surface area contributed by atoms with Crippen LogP contribution in [0.15, 0.2) is 84.9 Å². The number of carbonyl (C=O) groups excluding carboxylic acids is 2. The van der Waals surface area contributed by atoms with Crippen LogP contribution in [0.5, 0.6) is 5.75 Å². The third-order valence-electron chi connectivity index (χ3n) is 5.65. The van der Waals surface area contributed by atoms with Crippen molar-refractivity contribution in [2.24, 2.45) is 5.92 Å². The van der Waals surface area contributed by atoms with Gasteiger partial charge in [0.15, 0.2) is 0 Å². The summed E-state index contributed by atoms with van der Waals surface area (Å²) in [6, 6.07) is 27.3. The number of hydrogen-bond acceptors (Lipinski definition) is 4. The van der Waals surface area contributed by atoms with Gasteiger partial charge >= 0.3 is 6.09 Å². The van der Waals surface area contributed by atoms with Crippen LogP contribution < -0.4 is 4.74 Å². The molecule has 1 aliphatic rings. The summed E-state index contributed by atoms with van der Waals surface area (Å²) in [6.45, 7) is 2.60. The van der Waals surface area contributed by atoms with Crippen molar-refractivity contribution in [2.45, 2.75) is 32.4 Å². The summed E-state index contributed by atoms with van der Waals surface area (Å²) in [6.07, 6.45) is 0.588. The molecule has 4 rings (SSSR count). The van der Waals surface area contributed by atoms with Crippen molar-refractivity contribution < 1.29 is 19.1 Å². The topological polar surface area (TPSA) is 55.8 Å². The Morgan fingerprint density at radius 1 is 0.938 bits per heavy atom. The molecule has 2 amide bonds. The molecule has 3 aromatic rings. The van der Waals surface area contributed by atoms with Gasteiger partial charge in [-0.3, -0.25) is 4.79 Å². The Hall–Kier alpha value is -3.60. The van der Waals surface area contributed by atoms with Crippen molar-refractivity contribution in [2.75, 3.05) is 6.61 Å². The Kier molecular flexibility index (Phi) is 6.85. The Morgan fingerprint density at radius 2 is 1.56 bits per heavy atom. The van der Waals surface area contributed by atoms with Gasteiger partial charge < -0.3 is 9.47 Å². The Labute approximate surface area is 188 Å². The largest absolute Gasteiger partial charge is 0.489 e. The quantitative estimate of drug-likeness (QED) is 0.504. The number of benzene rings is 3. The highest BCUT2D eigenvalue weighted by atomic mass is 16.6. The van der Waals surface area contributed by atoms with E-state index in [-0.39, 0.29) is 24.5 Å². The van der Waals surface area contributed by atoms with Crippen molar-refractivity contribution in [3.8, 4) is 5.75 Å². The minimum atomic E-state index is -0.549. The first-order chi connectivity index (χ1) is 15.6. The molecule has 1 aliphatic heterocycles. The summed E-state index contributed by atoms with van der Waals surface area (Å²) in [5, 5.41) is 0. The highest BCUT2D eigenvalue weighted by molar-refractivity contribution is 5.94. The molecule has 32 heavy (non-hydrogen) atoms. The number of nitrogens with zero attached hydrogens (tertiary/aromatic N) is 1. The third kappa shape index (κ3) is 5.35. The zero-order valence-electron chi connectivity index (χ0n) is 18.1. The van der Waals surface area contributed by atoms with Crippen molar-refractivity contribution in [1.82, 2.24) is 4.90 Å². The van der Waals surface area contributed by atoms with Crippen LogP contribution in [0, 0.1) is 5.92 Å². The number of cyclic esters (lactones) is 1. The zero-order valence-corrected chi connectivity index (χ0v) is 18.1. The van der Waals surface area contributed by atoms with Gasteiger partial charge in [-0.1, -0.05) is 79.7 Å². The first-order valence-corrected chi connectivity index (χ1v) is 10.9. The fraction of sp³-hybridized carbons (Fsp3) is 0.259. The van der Waals surface area contributed by atoms with E-state index in [4.69, 9.17) is 9.47 Å². The molecule has 5 nitrogen and oxygen atoms in total. The summed E-state index contributed by atoms with van der Waals surface area (Å²) in [5.41, 5.74) is 3.20. The second-order valence-corrected chi connectivity index (χ2v) is 8.15. The van der Waals surface area contributed by atoms with Gasteiger partial charge in [0.1, 0.15) is 19.0 Å².